The molecule has 0 spiro atoms. The number of nitrogens with one attached hydrogen (secondary N) is 4. The van der Waals surface area contributed by atoms with E-state index >= 15 is 0 Å². The molecular formula is C20H44N4. The van der Waals surface area contributed by atoms with E-state index in [1.54, 1.807) is 0 Å². The zero-order valence-electron chi connectivity index (χ0n) is 17.1. The van der Waals surface area contributed by atoms with Crippen molar-refractivity contribution >= 4 is 5.96 Å². The van der Waals surface area contributed by atoms with Crippen LogP contribution in [0.1, 0.15) is 92.4 Å². The average Bonchev–Trinajstić information content (AvgIpc) is 2.45. The molecule has 0 bridgehead atoms. The summed E-state index contributed by atoms with van der Waals surface area (Å²) in [6.45, 7) is 14.1. The molecule has 4 N–H and O–H groups in total. The van der Waals surface area contributed by atoms with Gasteiger partial charge in [0.1, 0.15) is 0 Å². The first-order valence-corrected chi connectivity index (χ1v) is 10.1. The van der Waals surface area contributed by atoms with Gasteiger partial charge in [0.15, 0.2) is 5.96 Å². The second-order valence-electron chi connectivity index (χ2n) is 8.44. The van der Waals surface area contributed by atoms with Crippen molar-refractivity contribution in [2.24, 2.45) is 5.92 Å². The van der Waals surface area contributed by atoms with Crippen LogP contribution in [0, 0.1) is 11.3 Å². The lowest BCUT2D eigenvalue weighted by atomic mass is 10.0. The van der Waals surface area contributed by atoms with E-state index in [1.807, 2.05) is 0 Å². The first-order valence-electron chi connectivity index (χ1n) is 10.1. The summed E-state index contributed by atoms with van der Waals surface area (Å²) in [4.78, 5) is 0. The fraction of sp³-hybridized carbons (Fsp3) is 0.950. The van der Waals surface area contributed by atoms with Crippen LogP contribution in [-0.2, 0) is 0 Å². The number of rotatable bonds is 14. The lowest BCUT2D eigenvalue weighted by molar-refractivity contribution is 0.497. The first-order chi connectivity index (χ1) is 11.3. The van der Waals surface area contributed by atoms with E-state index in [0.29, 0.717) is 5.96 Å². The van der Waals surface area contributed by atoms with Gasteiger partial charge >= 0.3 is 0 Å². The van der Waals surface area contributed by atoms with Crippen LogP contribution in [0.4, 0.5) is 0 Å². The molecule has 0 radical (unpaired) electrons. The monoisotopic (exact) mass is 340 g/mol. The largest absolute Gasteiger partial charge is 0.357 e. The standard InChI is InChI=1S/C20H44N4/c1-18(2)14-10-6-7-11-15-22-16-12-8-9-13-17-23-19(21)24-20(3,4)5/h18,22H,6-17H2,1-5H3,(H3,21,23,24). The van der Waals surface area contributed by atoms with E-state index < -0.39 is 0 Å². The number of hydrogen-bond acceptors (Lipinski definition) is 2. The molecule has 0 saturated carbocycles. The van der Waals surface area contributed by atoms with E-state index in [-0.39, 0.29) is 5.54 Å². The maximum atomic E-state index is 7.79. The summed E-state index contributed by atoms with van der Waals surface area (Å²) in [5.41, 5.74) is -0.0375. The molecule has 24 heavy (non-hydrogen) atoms. The highest BCUT2D eigenvalue weighted by Gasteiger charge is 2.10. The minimum absolute atomic E-state index is 0.0375. The highest BCUT2D eigenvalue weighted by atomic mass is 15.2. The molecule has 0 heterocycles. The molecule has 0 aromatic rings. The van der Waals surface area contributed by atoms with Crippen LogP contribution in [0.5, 0.6) is 0 Å². The Morgan fingerprint density at radius 2 is 1.29 bits per heavy atom. The molecule has 0 unspecified atom stereocenters. The van der Waals surface area contributed by atoms with Crippen molar-refractivity contribution in [2.45, 2.75) is 97.9 Å². The summed E-state index contributed by atoms with van der Waals surface area (Å²) in [5, 5.41) is 17.6. The van der Waals surface area contributed by atoms with Crippen LogP contribution >= 0.6 is 0 Å². The molecule has 0 aliphatic heterocycles. The fourth-order valence-electron chi connectivity index (χ4n) is 2.64. The van der Waals surface area contributed by atoms with Gasteiger partial charge in [0, 0.05) is 12.1 Å². The summed E-state index contributed by atoms with van der Waals surface area (Å²) >= 11 is 0. The molecule has 0 rings (SSSR count). The molecule has 144 valence electrons. The Bertz CT molecular complexity index is 295. The zero-order valence-corrected chi connectivity index (χ0v) is 17.1. The Morgan fingerprint density at radius 3 is 1.79 bits per heavy atom. The molecule has 0 amide bonds. The van der Waals surface area contributed by atoms with E-state index in [4.69, 9.17) is 5.41 Å². The highest BCUT2D eigenvalue weighted by Crippen LogP contribution is 2.09. The second kappa shape index (κ2) is 14.6. The van der Waals surface area contributed by atoms with Gasteiger partial charge in [-0.1, -0.05) is 52.4 Å². The third kappa shape index (κ3) is 19.3. The van der Waals surface area contributed by atoms with Gasteiger partial charge < -0.3 is 16.0 Å². The number of guanidine groups is 1. The number of hydrogen-bond donors (Lipinski definition) is 4. The average molecular weight is 341 g/mol. The topological polar surface area (TPSA) is 59.9 Å². The van der Waals surface area contributed by atoms with Gasteiger partial charge in [0.25, 0.3) is 0 Å². The third-order valence-electron chi connectivity index (χ3n) is 3.97. The van der Waals surface area contributed by atoms with Gasteiger partial charge in [-0.05, 0) is 59.0 Å². The third-order valence-corrected chi connectivity index (χ3v) is 3.97. The zero-order chi connectivity index (χ0) is 18.3. The highest BCUT2D eigenvalue weighted by molar-refractivity contribution is 5.77. The maximum Gasteiger partial charge on any atom is 0.188 e. The predicted molar refractivity (Wildman–Crippen MR) is 108 cm³/mol. The summed E-state index contributed by atoms with van der Waals surface area (Å²) in [6.07, 6.45) is 11.8. The predicted octanol–water partition coefficient (Wildman–Crippen LogP) is 4.66. The van der Waals surface area contributed by atoms with Crippen LogP contribution in [0.2, 0.25) is 0 Å². The maximum absolute atomic E-state index is 7.79. The lowest BCUT2D eigenvalue weighted by Crippen LogP contribution is -2.47. The molecule has 4 heteroatoms. The molecule has 0 saturated heterocycles. The van der Waals surface area contributed by atoms with Gasteiger partial charge in [-0.15, -0.1) is 0 Å². The van der Waals surface area contributed by atoms with Gasteiger partial charge in [-0.25, -0.2) is 0 Å². The van der Waals surface area contributed by atoms with Crippen molar-refractivity contribution in [2.75, 3.05) is 19.6 Å². The normalized spacial score (nSPS) is 11.8. The van der Waals surface area contributed by atoms with Gasteiger partial charge in [0.05, 0.1) is 0 Å². The smallest absolute Gasteiger partial charge is 0.188 e. The second-order valence-corrected chi connectivity index (χ2v) is 8.44. The van der Waals surface area contributed by atoms with Crippen molar-refractivity contribution in [3.63, 3.8) is 0 Å². The van der Waals surface area contributed by atoms with E-state index in [9.17, 15) is 0 Å². The van der Waals surface area contributed by atoms with Crippen LogP contribution in [0.25, 0.3) is 0 Å². The quantitative estimate of drug-likeness (QED) is 0.211. The molecule has 0 aromatic carbocycles. The minimum atomic E-state index is -0.0375. The van der Waals surface area contributed by atoms with Crippen molar-refractivity contribution < 1.29 is 0 Å². The van der Waals surface area contributed by atoms with Gasteiger partial charge in [-0.3, -0.25) is 5.41 Å². The van der Waals surface area contributed by atoms with Crippen LogP contribution in [0.3, 0.4) is 0 Å². The Hall–Kier alpha value is -0.770. The van der Waals surface area contributed by atoms with Crippen LogP contribution in [0.15, 0.2) is 0 Å². The van der Waals surface area contributed by atoms with Crippen molar-refractivity contribution in [1.82, 2.24) is 16.0 Å². The summed E-state index contributed by atoms with van der Waals surface area (Å²) in [7, 11) is 0. The van der Waals surface area contributed by atoms with Crippen LogP contribution < -0.4 is 16.0 Å². The molecule has 0 aliphatic carbocycles. The molecule has 4 nitrogen and oxygen atoms in total. The SMILES string of the molecule is CC(C)CCCCCCNCCCCCCNC(=N)NC(C)(C)C. The Balaban J connectivity index is 3.17. The van der Waals surface area contributed by atoms with Crippen LogP contribution in [-0.4, -0.2) is 31.1 Å². The summed E-state index contributed by atoms with van der Waals surface area (Å²) < 4.78 is 0. The Morgan fingerprint density at radius 1 is 0.792 bits per heavy atom. The lowest BCUT2D eigenvalue weighted by Gasteiger charge is -2.22. The van der Waals surface area contributed by atoms with Crippen molar-refractivity contribution in [3.8, 4) is 0 Å². The summed E-state index contributed by atoms with van der Waals surface area (Å²) in [5.74, 6) is 1.30. The number of unbranched alkanes of at least 4 members (excludes halogenated alkanes) is 6. The van der Waals surface area contributed by atoms with Crippen molar-refractivity contribution in [1.29, 1.82) is 5.41 Å². The molecular weight excluding hydrogens is 296 g/mol. The molecule has 0 atom stereocenters. The first kappa shape index (κ1) is 23.2. The molecule has 0 fully saturated rings. The molecule has 0 aliphatic rings. The van der Waals surface area contributed by atoms with Gasteiger partial charge in [-0.2, -0.15) is 0 Å². The minimum Gasteiger partial charge on any atom is -0.357 e. The Labute approximate surface area is 151 Å². The van der Waals surface area contributed by atoms with E-state index in [2.05, 4.69) is 50.6 Å². The van der Waals surface area contributed by atoms with Gasteiger partial charge in [0.2, 0.25) is 0 Å². The summed E-state index contributed by atoms with van der Waals surface area (Å²) in [6, 6.07) is 0. The molecule has 0 aromatic heterocycles. The van der Waals surface area contributed by atoms with Crippen molar-refractivity contribution in [3.05, 3.63) is 0 Å². The fourth-order valence-corrected chi connectivity index (χ4v) is 2.64. The van der Waals surface area contributed by atoms with E-state index in [0.717, 1.165) is 25.4 Å². The Kier molecular flexibility index (Phi) is 14.1. The van der Waals surface area contributed by atoms with E-state index in [1.165, 1.54) is 57.9 Å².